The van der Waals surface area contributed by atoms with Crippen molar-refractivity contribution < 1.29 is 4.79 Å². The van der Waals surface area contributed by atoms with E-state index in [2.05, 4.69) is 63.3 Å². The number of hydrogen-bond acceptors (Lipinski definition) is 1. The maximum Gasteiger partial charge on any atom is 0.224 e. The summed E-state index contributed by atoms with van der Waals surface area (Å²) in [6.45, 7) is 8.52. The summed E-state index contributed by atoms with van der Waals surface area (Å²) >= 11 is 0. The Hall–Kier alpha value is -2.09. The second-order valence-corrected chi connectivity index (χ2v) is 6.77. The number of nitrogens with one attached hydrogen (secondary N) is 1. The van der Waals surface area contributed by atoms with Gasteiger partial charge in [-0.2, -0.15) is 0 Å². The average Bonchev–Trinajstić information content (AvgIpc) is 2.50. The molecule has 23 heavy (non-hydrogen) atoms. The van der Waals surface area contributed by atoms with Gasteiger partial charge in [-0.1, -0.05) is 67.9 Å². The Morgan fingerprint density at radius 1 is 1.04 bits per heavy atom. The molecule has 0 heterocycles. The van der Waals surface area contributed by atoms with E-state index < -0.39 is 0 Å². The molecule has 0 aliphatic rings. The third-order valence-electron chi connectivity index (χ3n) is 4.09. The fraction of sp³-hybridized carbons (Fsp3) is 0.381. The summed E-state index contributed by atoms with van der Waals surface area (Å²) in [5, 5.41) is 3.22. The highest BCUT2D eigenvalue weighted by molar-refractivity contribution is 5.79. The predicted molar refractivity (Wildman–Crippen MR) is 96.4 cm³/mol. The lowest BCUT2D eigenvalue weighted by atomic mass is 9.96. The van der Waals surface area contributed by atoms with Gasteiger partial charge in [0.2, 0.25) is 5.91 Å². The van der Waals surface area contributed by atoms with Crippen molar-refractivity contribution in [3.05, 3.63) is 70.8 Å². The SMILES string of the molecule is Cc1ccc(CC(=O)N[C@H](CC(C)C)c2ccccc2)c(C)c1. The van der Waals surface area contributed by atoms with Gasteiger partial charge < -0.3 is 5.32 Å². The van der Waals surface area contributed by atoms with Crippen LogP contribution in [0.3, 0.4) is 0 Å². The molecule has 1 atom stereocenters. The van der Waals surface area contributed by atoms with Crippen LogP contribution < -0.4 is 5.32 Å². The van der Waals surface area contributed by atoms with Crippen molar-refractivity contribution in [2.45, 2.75) is 46.6 Å². The van der Waals surface area contributed by atoms with Gasteiger partial charge in [-0.3, -0.25) is 4.79 Å². The predicted octanol–water partition coefficient (Wildman–Crippen LogP) is 4.75. The normalized spacial score (nSPS) is 12.2. The molecule has 2 nitrogen and oxygen atoms in total. The molecule has 0 bridgehead atoms. The number of amides is 1. The molecule has 0 unspecified atom stereocenters. The first-order chi connectivity index (χ1) is 11.0. The van der Waals surface area contributed by atoms with Crippen LogP contribution in [0.15, 0.2) is 48.5 Å². The van der Waals surface area contributed by atoms with E-state index in [0.717, 1.165) is 12.0 Å². The molecule has 0 saturated heterocycles. The Kier molecular flexibility index (Phi) is 5.97. The zero-order valence-corrected chi connectivity index (χ0v) is 14.6. The molecule has 0 aromatic heterocycles. The zero-order valence-electron chi connectivity index (χ0n) is 14.6. The van der Waals surface area contributed by atoms with Crippen molar-refractivity contribution in [3.63, 3.8) is 0 Å². The van der Waals surface area contributed by atoms with Gasteiger partial charge in [0, 0.05) is 0 Å². The first-order valence-electron chi connectivity index (χ1n) is 8.36. The molecule has 1 N–H and O–H groups in total. The molecule has 122 valence electrons. The van der Waals surface area contributed by atoms with E-state index in [-0.39, 0.29) is 11.9 Å². The maximum atomic E-state index is 12.5. The molecule has 0 radical (unpaired) electrons. The third-order valence-corrected chi connectivity index (χ3v) is 4.09. The molecule has 2 aromatic rings. The van der Waals surface area contributed by atoms with E-state index >= 15 is 0 Å². The molecular weight excluding hydrogens is 282 g/mol. The smallest absolute Gasteiger partial charge is 0.224 e. The molecule has 2 aromatic carbocycles. The minimum absolute atomic E-state index is 0.0782. The molecular formula is C21H27NO. The highest BCUT2D eigenvalue weighted by atomic mass is 16.1. The van der Waals surface area contributed by atoms with Gasteiger partial charge in [0.1, 0.15) is 0 Å². The fourth-order valence-electron chi connectivity index (χ4n) is 2.90. The Bertz CT molecular complexity index is 646. The van der Waals surface area contributed by atoms with Crippen molar-refractivity contribution in [2.75, 3.05) is 0 Å². The van der Waals surface area contributed by atoms with Gasteiger partial charge in [0.15, 0.2) is 0 Å². The Morgan fingerprint density at radius 2 is 1.74 bits per heavy atom. The number of carbonyl (C=O) groups excluding carboxylic acids is 1. The lowest BCUT2D eigenvalue weighted by Gasteiger charge is -2.21. The maximum absolute atomic E-state index is 12.5. The molecule has 1 amide bonds. The summed E-state index contributed by atoms with van der Waals surface area (Å²) in [5.74, 6) is 0.619. The topological polar surface area (TPSA) is 29.1 Å². The Balaban J connectivity index is 2.08. The van der Waals surface area contributed by atoms with E-state index in [1.807, 2.05) is 18.2 Å². The quantitative estimate of drug-likeness (QED) is 0.819. The van der Waals surface area contributed by atoms with Crippen molar-refractivity contribution in [1.82, 2.24) is 5.32 Å². The summed E-state index contributed by atoms with van der Waals surface area (Å²) in [4.78, 5) is 12.5. The van der Waals surface area contributed by atoms with Crippen molar-refractivity contribution in [1.29, 1.82) is 0 Å². The van der Waals surface area contributed by atoms with Crippen LogP contribution in [0.2, 0.25) is 0 Å². The molecule has 0 spiro atoms. The Morgan fingerprint density at radius 3 is 2.35 bits per heavy atom. The standard InChI is InChI=1S/C21H27NO/c1-15(2)12-20(18-8-6-5-7-9-18)22-21(23)14-19-11-10-16(3)13-17(19)4/h5-11,13,15,20H,12,14H2,1-4H3,(H,22,23)/t20-/m1/s1. The largest absolute Gasteiger partial charge is 0.349 e. The van der Waals surface area contributed by atoms with Crippen LogP contribution in [0.5, 0.6) is 0 Å². The first-order valence-corrected chi connectivity index (χ1v) is 8.36. The highest BCUT2D eigenvalue weighted by Gasteiger charge is 2.16. The van der Waals surface area contributed by atoms with Crippen LogP contribution in [0.4, 0.5) is 0 Å². The van der Waals surface area contributed by atoms with E-state index in [1.165, 1.54) is 16.7 Å². The molecule has 0 aliphatic heterocycles. The van der Waals surface area contributed by atoms with Crippen molar-refractivity contribution >= 4 is 5.91 Å². The van der Waals surface area contributed by atoms with Gasteiger partial charge in [-0.15, -0.1) is 0 Å². The van der Waals surface area contributed by atoms with Crippen LogP contribution in [0.1, 0.15) is 48.6 Å². The van der Waals surface area contributed by atoms with Crippen molar-refractivity contribution in [2.24, 2.45) is 5.92 Å². The van der Waals surface area contributed by atoms with E-state index in [0.29, 0.717) is 12.3 Å². The van der Waals surface area contributed by atoms with Gasteiger partial charge >= 0.3 is 0 Å². The minimum Gasteiger partial charge on any atom is -0.349 e. The van der Waals surface area contributed by atoms with Gasteiger partial charge in [-0.05, 0) is 42.9 Å². The second kappa shape index (κ2) is 7.96. The highest BCUT2D eigenvalue weighted by Crippen LogP contribution is 2.21. The fourth-order valence-corrected chi connectivity index (χ4v) is 2.90. The molecule has 2 heteroatoms. The lowest BCUT2D eigenvalue weighted by molar-refractivity contribution is -0.121. The second-order valence-electron chi connectivity index (χ2n) is 6.77. The molecule has 0 saturated carbocycles. The molecule has 2 rings (SSSR count). The van der Waals surface area contributed by atoms with Crippen LogP contribution >= 0.6 is 0 Å². The summed E-state index contributed by atoms with van der Waals surface area (Å²) in [7, 11) is 0. The van der Waals surface area contributed by atoms with Gasteiger partial charge in [0.05, 0.1) is 12.5 Å². The molecule has 0 fully saturated rings. The van der Waals surface area contributed by atoms with E-state index in [4.69, 9.17) is 0 Å². The van der Waals surface area contributed by atoms with Gasteiger partial charge in [0.25, 0.3) is 0 Å². The first kappa shape index (κ1) is 17.3. The minimum atomic E-state index is 0.0782. The third kappa shape index (κ3) is 5.24. The van der Waals surface area contributed by atoms with Crippen LogP contribution in [0, 0.1) is 19.8 Å². The molecule has 0 aliphatic carbocycles. The number of carbonyl (C=O) groups is 1. The van der Waals surface area contributed by atoms with E-state index in [9.17, 15) is 4.79 Å². The lowest BCUT2D eigenvalue weighted by Crippen LogP contribution is -2.31. The average molecular weight is 309 g/mol. The summed E-state index contributed by atoms with van der Waals surface area (Å²) < 4.78 is 0. The number of rotatable bonds is 6. The number of aryl methyl sites for hydroxylation is 2. The summed E-state index contributed by atoms with van der Waals surface area (Å²) in [6, 6.07) is 16.6. The monoisotopic (exact) mass is 309 g/mol. The zero-order chi connectivity index (χ0) is 16.8. The van der Waals surface area contributed by atoms with Crippen LogP contribution in [-0.2, 0) is 11.2 Å². The van der Waals surface area contributed by atoms with E-state index in [1.54, 1.807) is 0 Å². The van der Waals surface area contributed by atoms with Crippen molar-refractivity contribution in [3.8, 4) is 0 Å². The number of hydrogen-bond donors (Lipinski definition) is 1. The summed E-state index contributed by atoms with van der Waals surface area (Å²) in [5.41, 5.74) is 4.69. The summed E-state index contributed by atoms with van der Waals surface area (Å²) in [6.07, 6.45) is 1.39. The Labute approximate surface area is 139 Å². The van der Waals surface area contributed by atoms with Gasteiger partial charge in [-0.25, -0.2) is 0 Å². The van der Waals surface area contributed by atoms with Crippen LogP contribution in [-0.4, -0.2) is 5.91 Å². The van der Waals surface area contributed by atoms with Crippen LogP contribution in [0.25, 0.3) is 0 Å². The number of benzene rings is 2.